The zero-order valence-corrected chi connectivity index (χ0v) is 51.4. The SMILES string of the molecule is c1ccc(-c2ccc(N(c3ccc(-c4ccccc4)cc3)c3cc(-c4ccc5c(c4)C4(c6ccccc6-5)c5ccccc5-c5ccc(-c6cccc7c6oc6ccccc67)cc54)cc(N(c4ccc(-c5ccccc5)cc4)c4ccc(-c5ccccc5)cc4)c3)cc2)cc1. The molecule has 1 unspecified atom stereocenters. The van der Waals surface area contributed by atoms with E-state index in [-0.39, 0.29) is 0 Å². The zero-order valence-electron chi connectivity index (χ0n) is 51.4. The maximum absolute atomic E-state index is 6.77. The Balaban J connectivity index is 0.872. The normalized spacial score (nSPS) is 13.4. The van der Waals surface area contributed by atoms with Crippen LogP contribution in [0.2, 0.25) is 0 Å². The first-order valence-electron chi connectivity index (χ1n) is 32.4. The van der Waals surface area contributed by atoms with Crippen molar-refractivity contribution < 1.29 is 4.42 Å². The molecule has 0 fully saturated rings. The van der Waals surface area contributed by atoms with E-state index in [2.05, 4.69) is 374 Å². The molecule has 0 bridgehead atoms. The molecule has 0 amide bonds. The maximum Gasteiger partial charge on any atom is 0.143 e. The van der Waals surface area contributed by atoms with E-state index >= 15 is 0 Å². The quantitative estimate of drug-likeness (QED) is 0.122. The van der Waals surface area contributed by atoms with Gasteiger partial charge in [-0.15, -0.1) is 0 Å². The van der Waals surface area contributed by atoms with E-state index in [0.29, 0.717) is 0 Å². The average molecular weight is 1200 g/mol. The van der Waals surface area contributed by atoms with Crippen LogP contribution in [0.15, 0.2) is 368 Å². The van der Waals surface area contributed by atoms with Crippen molar-refractivity contribution >= 4 is 56.1 Å². The second-order valence-corrected chi connectivity index (χ2v) is 24.7. The predicted molar refractivity (Wildman–Crippen MR) is 392 cm³/mol. The summed E-state index contributed by atoms with van der Waals surface area (Å²) in [6, 6.07) is 134. The van der Waals surface area contributed by atoms with Gasteiger partial charge in [0.25, 0.3) is 0 Å². The fourth-order valence-corrected chi connectivity index (χ4v) is 15.1. The molecule has 1 spiro atoms. The number of anilines is 6. The Morgan fingerprint density at radius 3 is 0.968 bits per heavy atom. The van der Waals surface area contributed by atoms with Crippen LogP contribution in [-0.4, -0.2) is 0 Å². The molecule has 2 aliphatic rings. The lowest BCUT2D eigenvalue weighted by molar-refractivity contribution is 0.670. The van der Waals surface area contributed by atoms with Crippen molar-refractivity contribution in [1.29, 1.82) is 0 Å². The molecular formula is C91H60N2O. The summed E-state index contributed by atoms with van der Waals surface area (Å²) in [5, 5.41) is 2.24. The monoisotopic (exact) mass is 1200 g/mol. The van der Waals surface area contributed by atoms with E-state index in [9.17, 15) is 0 Å². The Morgan fingerprint density at radius 2 is 0.521 bits per heavy atom. The van der Waals surface area contributed by atoms with Crippen LogP contribution in [-0.2, 0) is 5.41 Å². The number of para-hydroxylation sites is 2. The molecule has 3 heteroatoms. The summed E-state index contributed by atoms with van der Waals surface area (Å²) in [5.74, 6) is 0. The van der Waals surface area contributed by atoms with Crippen LogP contribution in [0.3, 0.4) is 0 Å². The van der Waals surface area contributed by atoms with Crippen molar-refractivity contribution in [2.24, 2.45) is 0 Å². The smallest absolute Gasteiger partial charge is 0.143 e. The highest BCUT2D eigenvalue weighted by Gasteiger charge is 2.52. The van der Waals surface area contributed by atoms with Crippen LogP contribution in [0.25, 0.3) is 111 Å². The molecule has 3 nitrogen and oxygen atoms in total. The van der Waals surface area contributed by atoms with E-state index in [1.807, 2.05) is 0 Å². The van der Waals surface area contributed by atoms with Crippen LogP contribution >= 0.6 is 0 Å². The van der Waals surface area contributed by atoms with Crippen molar-refractivity contribution in [3.63, 3.8) is 0 Å². The second kappa shape index (κ2) is 22.6. The van der Waals surface area contributed by atoms with Gasteiger partial charge in [0.05, 0.1) is 5.41 Å². The highest BCUT2D eigenvalue weighted by molar-refractivity contribution is 6.10. The van der Waals surface area contributed by atoms with Gasteiger partial charge in [0.1, 0.15) is 11.2 Å². The van der Waals surface area contributed by atoms with Gasteiger partial charge in [-0.05, 0) is 191 Å². The average Bonchev–Trinajstić information content (AvgIpc) is 1.51. The number of fused-ring (bicyclic) bond motifs is 13. The summed E-state index contributed by atoms with van der Waals surface area (Å²) in [7, 11) is 0. The third-order valence-corrected chi connectivity index (χ3v) is 19.5. The van der Waals surface area contributed by atoms with E-state index in [0.717, 1.165) is 101 Å². The first kappa shape index (κ1) is 54.6. The number of rotatable bonds is 12. The van der Waals surface area contributed by atoms with Crippen molar-refractivity contribution in [3.05, 3.63) is 386 Å². The lowest BCUT2D eigenvalue weighted by Gasteiger charge is -2.32. The van der Waals surface area contributed by atoms with Gasteiger partial charge >= 0.3 is 0 Å². The first-order valence-corrected chi connectivity index (χ1v) is 32.4. The lowest BCUT2D eigenvalue weighted by atomic mass is 9.70. The molecule has 1 aromatic heterocycles. The summed E-state index contributed by atoms with van der Waals surface area (Å²) < 4.78 is 6.77. The summed E-state index contributed by atoms with van der Waals surface area (Å²) in [5.41, 5.74) is 31.1. The van der Waals surface area contributed by atoms with Crippen molar-refractivity contribution in [1.82, 2.24) is 0 Å². The maximum atomic E-state index is 6.77. The minimum Gasteiger partial charge on any atom is -0.455 e. The third-order valence-electron chi connectivity index (χ3n) is 19.5. The summed E-state index contributed by atoms with van der Waals surface area (Å²) in [4.78, 5) is 4.87. The molecule has 15 aromatic carbocycles. The van der Waals surface area contributed by atoms with E-state index in [1.54, 1.807) is 0 Å². The summed E-state index contributed by atoms with van der Waals surface area (Å²) >= 11 is 0. The number of benzene rings is 15. The molecule has 0 saturated heterocycles. The predicted octanol–water partition coefficient (Wildman–Crippen LogP) is 24.9. The summed E-state index contributed by atoms with van der Waals surface area (Å²) in [6.07, 6.45) is 0. The van der Waals surface area contributed by atoms with Gasteiger partial charge < -0.3 is 14.2 Å². The van der Waals surface area contributed by atoms with Gasteiger partial charge in [0.2, 0.25) is 0 Å². The van der Waals surface area contributed by atoms with Gasteiger partial charge in [0.15, 0.2) is 0 Å². The number of hydrogen-bond donors (Lipinski definition) is 0. The molecule has 2 aliphatic carbocycles. The number of furan rings is 1. The van der Waals surface area contributed by atoms with Gasteiger partial charge in [-0.25, -0.2) is 0 Å². The Hall–Kier alpha value is -12.3. The second-order valence-electron chi connectivity index (χ2n) is 24.7. The van der Waals surface area contributed by atoms with Crippen molar-refractivity contribution in [2.75, 3.05) is 9.80 Å². The van der Waals surface area contributed by atoms with Crippen LogP contribution in [0, 0.1) is 0 Å². The molecule has 1 atom stereocenters. The molecule has 18 rings (SSSR count). The minimum absolute atomic E-state index is 0.647. The van der Waals surface area contributed by atoms with Crippen molar-refractivity contribution in [2.45, 2.75) is 5.41 Å². The molecule has 0 radical (unpaired) electrons. The van der Waals surface area contributed by atoms with E-state index < -0.39 is 5.41 Å². The highest BCUT2D eigenvalue weighted by atomic mass is 16.3. The Morgan fingerprint density at radius 1 is 0.191 bits per heavy atom. The van der Waals surface area contributed by atoms with Crippen LogP contribution in [0.1, 0.15) is 22.3 Å². The van der Waals surface area contributed by atoms with Gasteiger partial charge in [0, 0.05) is 50.5 Å². The molecule has 0 N–H and O–H groups in total. The molecule has 1 heterocycles. The number of nitrogens with zero attached hydrogens (tertiary/aromatic N) is 2. The molecule has 94 heavy (non-hydrogen) atoms. The highest BCUT2D eigenvalue weighted by Crippen LogP contribution is 2.64. The Bertz CT molecular complexity index is 5140. The standard InChI is InChI=1S/C91H60N2O/c1-5-20-61(21-6-1)65-36-46-72(47-37-65)92(73-48-38-66(39-49-73)62-22-7-2-8-23-62)76-56-71(57-77(60-76)93(74-50-40-67(41-51-74)63-24-9-3-10-25-63)75-52-42-68(43-53-75)64-26-11-4-12-27-64)69-44-54-81-79-28-13-16-33-85(79)91(87(81)58-69)86-34-17-14-29-80(86)82-55-45-70(59-88(82)91)78-31-19-32-84-83-30-15-18-35-89(83)94-90(78)84/h1-60H. The fraction of sp³-hybridized carbons (Fsp3) is 0.0110. The largest absolute Gasteiger partial charge is 0.455 e. The van der Waals surface area contributed by atoms with Crippen molar-refractivity contribution in [3.8, 4) is 89.0 Å². The van der Waals surface area contributed by atoms with Gasteiger partial charge in [-0.2, -0.15) is 0 Å². The summed E-state index contributed by atoms with van der Waals surface area (Å²) in [6.45, 7) is 0. The zero-order chi connectivity index (χ0) is 62.1. The van der Waals surface area contributed by atoms with Gasteiger partial charge in [-0.1, -0.05) is 279 Å². The van der Waals surface area contributed by atoms with E-state index in [4.69, 9.17) is 4.42 Å². The third kappa shape index (κ3) is 9.12. The topological polar surface area (TPSA) is 19.6 Å². The number of hydrogen-bond acceptors (Lipinski definition) is 3. The van der Waals surface area contributed by atoms with Crippen LogP contribution < -0.4 is 9.80 Å². The fourth-order valence-electron chi connectivity index (χ4n) is 15.1. The molecular weight excluding hydrogens is 1140 g/mol. The Labute approximate surface area is 547 Å². The minimum atomic E-state index is -0.647. The first-order chi connectivity index (χ1) is 46.6. The Kier molecular flexibility index (Phi) is 13.1. The molecule has 0 saturated carbocycles. The molecule has 16 aromatic rings. The van der Waals surface area contributed by atoms with E-state index in [1.165, 1.54) is 66.8 Å². The molecule has 440 valence electrons. The van der Waals surface area contributed by atoms with Crippen LogP contribution in [0.5, 0.6) is 0 Å². The van der Waals surface area contributed by atoms with Crippen LogP contribution in [0.4, 0.5) is 34.1 Å². The lowest BCUT2D eigenvalue weighted by Crippen LogP contribution is -2.26. The van der Waals surface area contributed by atoms with Gasteiger partial charge in [-0.3, -0.25) is 0 Å². The molecule has 0 aliphatic heterocycles.